The Bertz CT molecular complexity index is 1220. The van der Waals surface area contributed by atoms with Gasteiger partial charge in [0.1, 0.15) is 5.75 Å². The van der Waals surface area contributed by atoms with Crippen molar-refractivity contribution in [2.75, 3.05) is 19.5 Å². The van der Waals surface area contributed by atoms with Crippen LogP contribution in [-0.4, -0.2) is 47.1 Å². The maximum Gasteiger partial charge on any atom is 0.418 e. The van der Waals surface area contributed by atoms with Crippen molar-refractivity contribution in [3.8, 4) is 5.75 Å². The zero-order chi connectivity index (χ0) is 24.1. The van der Waals surface area contributed by atoms with Crippen molar-refractivity contribution < 1.29 is 19.4 Å². The summed E-state index contributed by atoms with van der Waals surface area (Å²) in [5.41, 5.74) is 2.67. The smallest absolute Gasteiger partial charge is 0.418 e. The summed E-state index contributed by atoms with van der Waals surface area (Å²) in [7, 11) is 3.30. The van der Waals surface area contributed by atoms with Gasteiger partial charge in [-0.1, -0.05) is 60.7 Å². The molecule has 0 saturated carbocycles. The minimum atomic E-state index is -1.24. The molecular formula is C26H24N4O4. The first-order chi connectivity index (χ1) is 16.5. The molecule has 4 rings (SSSR count). The monoisotopic (exact) mass is 456 g/mol. The first-order valence-electron chi connectivity index (χ1n) is 10.6. The molecule has 1 atom stereocenters. The van der Waals surface area contributed by atoms with Crippen molar-refractivity contribution >= 4 is 29.8 Å². The standard InChI is InChI=1S/C26H24N4O4/c1-29-23(19-13-15-21(34-2)16-14-19)22(17-18-9-5-3-6-10-18)30(26(32)33)25(29)28-24(31)27-20-11-7-4-8-12-20/h3-17,23H,1-2H3,(H,27,31)(H,32,33)/b22-17-,28-25-. The molecule has 1 fully saturated rings. The Balaban J connectivity index is 1.79. The van der Waals surface area contributed by atoms with Crippen LogP contribution in [0.3, 0.4) is 0 Å². The SMILES string of the molecule is COc1ccc(C2/C(=C/c3ccccc3)N(C(=O)O)/C(=N\C(=O)Nc3ccccc3)N2C)cc1. The molecule has 0 radical (unpaired) electrons. The number of carbonyl (C=O) groups is 2. The Morgan fingerprint density at radius 1 is 0.971 bits per heavy atom. The predicted octanol–water partition coefficient (Wildman–Crippen LogP) is 5.29. The number of hydrogen-bond acceptors (Lipinski definition) is 3. The molecule has 172 valence electrons. The summed E-state index contributed by atoms with van der Waals surface area (Å²) >= 11 is 0. The molecule has 3 aromatic rings. The molecule has 0 aromatic heterocycles. The fourth-order valence-electron chi connectivity index (χ4n) is 3.84. The average Bonchev–Trinajstić information content (AvgIpc) is 3.11. The fourth-order valence-corrected chi connectivity index (χ4v) is 3.84. The average molecular weight is 457 g/mol. The van der Waals surface area contributed by atoms with Crippen LogP contribution < -0.4 is 10.1 Å². The van der Waals surface area contributed by atoms with Gasteiger partial charge in [-0.15, -0.1) is 0 Å². The van der Waals surface area contributed by atoms with Crippen LogP contribution in [0.1, 0.15) is 17.2 Å². The highest BCUT2D eigenvalue weighted by molar-refractivity contribution is 6.06. The molecule has 34 heavy (non-hydrogen) atoms. The third-order valence-corrected chi connectivity index (χ3v) is 5.40. The minimum absolute atomic E-state index is 0.00364. The number of anilines is 1. The lowest BCUT2D eigenvalue weighted by molar-refractivity contribution is 0.178. The normalized spacial score (nSPS) is 17.8. The second kappa shape index (κ2) is 9.91. The number of hydrogen-bond donors (Lipinski definition) is 2. The number of urea groups is 1. The van der Waals surface area contributed by atoms with Crippen molar-refractivity contribution in [2.24, 2.45) is 4.99 Å². The molecule has 1 heterocycles. The zero-order valence-corrected chi connectivity index (χ0v) is 18.8. The molecule has 0 spiro atoms. The molecule has 1 aliphatic heterocycles. The number of methoxy groups -OCH3 is 1. The second-order valence-electron chi connectivity index (χ2n) is 7.59. The van der Waals surface area contributed by atoms with Gasteiger partial charge in [0.05, 0.1) is 18.8 Å². The van der Waals surface area contributed by atoms with Gasteiger partial charge in [-0.3, -0.25) is 0 Å². The Morgan fingerprint density at radius 2 is 1.59 bits per heavy atom. The second-order valence-corrected chi connectivity index (χ2v) is 7.59. The van der Waals surface area contributed by atoms with E-state index in [0.29, 0.717) is 17.1 Å². The van der Waals surface area contributed by atoms with Gasteiger partial charge in [-0.2, -0.15) is 4.99 Å². The van der Waals surface area contributed by atoms with Gasteiger partial charge in [0, 0.05) is 12.7 Å². The molecule has 2 N–H and O–H groups in total. The quantitative estimate of drug-likeness (QED) is 0.556. The third kappa shape index (κ3) is 4.75. The number of carbonyl (C=O) groups excluding carboxylic acids is 1. The number of ether oxygens (including phenoxy) is 1. The number of nitrogens with one attached hydrogen (secondary N) is 1. The largest absolute Gasteiger partial charge is 0.497 e. The van der Waals surface area contributed by atoms with E-state index in [1.54, 1.807) is 49.4 Å². The summed E-state index contributed by atoms with van der Waals surface area (Å²) in [5.74, 6) is 0.688. The molecule has 8 nitrogen and oxygen atoms in total. The van der Waals surface area contributed by atoms with Crippen LogP contribution in [0.25, 0.3) is 6.08 Å². The van der Waals surface area contributed by atoms with Crippen molar-refractivity contribution in [1.29, 1.82) is 0 Å². The highest BCUT2D eigenvalue weighted by atomic mass is 16.5. The van der Waals surface area contributed by atoms with E-state index < -0.39 is 18.2 Å². The lowest BCUT2D eigenvalue weighted by Gasteiger charge is -2.21. The Kier molecular flexibility index (Phi) is 6.59. The number of para-hydroxylation sites is 1. The van der Waals surface area contributed by atoms with E-state index >= 15 is 0 Å². The van der Waals surface area contributed by atoms with E-state index in [9.17, 15) is 14.7 Å². The summed E-state index contributed by atoms with van der Waals surface area (Å²) in [6.07, 6.45) is 0.549. The number of rotatable bonds is 4. The Hall–Kier alpha value is -4.59. The molecule has 8 heteroatoms. The van der Waals surface area contributed by atoms with Crippen LogP contribution in [0.5, 0.6) is 5.75 Å². The molecule has 1 saturated heterocycles. The van der Waals surface area contributed by atoms with Gasteiger partial charge >= 0.3 is 12.1 Å². The summed E-state index contributed by atoms with van der Waals surface area (Å²) < 4.78 is 5.26. The molecule has 1 unspecified atom stereocenters. The Morgan fingerprint density at radius 3 is 2.18 bits per heavy atom. The van der Waals surface area contributed by atoms with Gasteiger partial charge in [-0.25, -0.2) is 14.5 Å². The Labute approximate surface area is 197 Å². The van der Waals surface area contributed by atoms with Crippen molar-refractivity contribution in [2.45, 2.75) is 6.04 Å². The number of aliphatic imine (C=N–C) groups is 1. The van der Waals surface area contributed by atoms with Crippen molar-refractivity contribution in [3.05, 3.63) is 102 Å². The van der Waals surface area contributed by atoms with E-state index in [1.807, 2.05) is 60.7 Å². The van der Waals surface area contributed by atoms with Crippen LogP contribution >= 0.6 is 0 Å². The molecule has 3 amide bonds. The van der Waals surface area contributed by atoms with E-state index in [-0.39, 0.29) is 5.96 Å². The molecular weight excluding hydrogens is 432 g/mol. The van der Waals surface area contributed by atoms with Crippen LogP contribution in [0.4, 0.5) is 15.3 Å². The van der Waals surface area contributed by atoms with Gasteiger partial charge in [-0.05, 0) is 41.5 Å². The molecule has 3 aromatic carbocycles. The zero-order valence-electron chi connectivity index (χ0n) is 18.8. The number of guanidine groups is 1. The molecule has 1 aliphatic rings. The lowest BCUT2D eigenvalue weighted by atomic mass is 10.0. The van der Waals surface area contributed by atoms with Crippen molar-refractivity contribution in [3.63, 3.8) is 0 Å². The van der Waals surface area contributed by atoms with Crippen LogP contribution in [0.2, 0.25) is 0 Å². The molecule has 0 bridgehead atoms. The summed E-state index contributed by atoms with van der Waals surface area (Å²) in [4.78, 5) is 31.9. The number of carboxylic acid groups (broad SMARTS) is 1. The summed E-state index contributed by atoms with van der Waals surface area (Å²) in [6.45, 7) is 0. The lowest BCUT2D eigenvalue weighted by Crippen LogP contribution is -2.36. The third-order valence-electron chi connectivity index (χ3n) is 5.40. The van der Waals surface area contributed by atoms with Crippen molar-refractivity contribution in [1.82, 2.24) is 9.80 Å². The van der Waals surface area contributed by atoms with Crippen LogP contribution in [0, 0.1) is 0 Å². The first kappa shape index (κ1) is 22.6. The van der Waals surface area contributed by atoms with E-state index in [0.717, 1.165) is 16.0 Å². The van der Waals surface area contributed by atoms with Gasteiger partial charge in [0.25, 0.3) is 0 Å². The van der Waals surface area contributed by atoms with E-state index in [1.165, 1.54) is 0 Å². The number of benzene rings is 3. The van der Waals surface area contributed by atoms with Gasteiger partial charge in [0.15, 0.2) is 0 Å². The highest BCUT2D eigenvalue weighted by Crippen LogP contribution is 2.39. The summed E-state index contributed by atoms with van der Waals surface area (Å²) in [6, 6.07) is 24.5. The van der Waals surface area contributed by atoms with Crippen LogP contribution in [0.15, 0.2) is 95.6 Å². The first-order valence-corrected chi connectivity index (χ1v) is 10.6. The van der Waals surface area contributed by atoms with E-state index in [2.05, 4.69) is 10.3 Å². The van der Waals surface area contributed by atoms with Gasteiger partial charge < -0.3 is 20.1 Å². The number of likely N-dealkylation sites (N-methyl/N-ethyl adjacent to an activating group) is 1. The molecule has 0 aliphatic carbocycles. The minimum Gasteiger partial charge on any atom is -0.497 e. The summed E-state index contributed by atoms with van der Waals surface area (Å²) in [5, 5.41) is 12.8. The predicted molar refractivity (Wildman–Crippen MR) is 131 cm³/mol. The fraction of sp³-hybridized carbons (Fsp3) is 0.115. The number of nitrogens with zero attached hydrogens (tertiary/aromatic N) is 3. The topological polar surface area (TPSA) is 94.5 Å². The maximum absolute atomic E-state index is 12.7. The highest BCUT2D eigenvalue weighted by Gasteiger charge is 2.43. The number of amides is 3. The van der Waals surface area contributed by atoms with Gasteiger partial charge in [0.2, 0.25) is 5.96 Å². The maximum atomic E-state index is 12.7. The van der Waals surface area contributed by atoms with E-state index in [4.69, 9.17) is 4.74 Å². The van der Waals surface area contributed by atoms with Crippen LogP contribution in [-0.2, 0) is 0 Å².